The lowest BCUT2D eigenvalue weighted by atomic mass is 9.85. The summed E-state index contributed by atoms with van der Waals surface area (Å²) in [7, 11) is 0. The van der Waals surface area contributed by atoms with Gasteiger partial charge in [0, 0.05) is 82.4 Å². The molecule has 0 radical (unpaired) electrons. The van der Waals surface area contributed by atoms with Crippen molar-refractivity contribution in [3.63, 3.8) is 0 Å². The van der Waals surface area contributed by atoms with Gasteiger partial charge in [0.1, 0.15) is 0 Å². The molecule has 98 heavy (non-hydrogen) atoms. The first-order valence-electron chi connectivity index (χ1n) is 33.9. The van der Waals surface area contributed by atoms with Gasteiger partial charge in [-0.1, -0.05) is 239 Å². The number of nitrogens with zero attached hydrogens (tertiary/aromatic N) is 6. The highest BCUT2D eigenvalue weighted by molar-refractivity contribution is 6.24. The molecular weight excluding hydrogens is 1190 g/mol. The Morgan fingerprint density at radius 2 is 0.622 bits per heavy atom. The van der Waals surface area contributed by atoms with Gasteiger partial charge in [-0.05, 0) is 158 Å². The molecule has 0 aliphatic rings. The maximum absolute atomic E-state index is 5.88. The Kier molecular flexibility index (Phi) is 12.2. The fourth-order valence-electron chi connectivity index (χ4n) is 16.3. The first-order valence-corrected chi connectivity index (χ1v) is 33.9. The minimum absolute atomic E-state index is 0.0141. The number of para-hydroxylation sites is 6. The molecule has 460 valence electrons. The molecule has 6 nitrogen and oxygen atoms in total. The van der Waals surface area contributed by atoms with Crippen LogP contribution in [0.1, 0.15) is 26.3 Å². The standard InChI is InChI=1S/C92H62N6/c1-92(2,3)62-50-48-58-52-60(47-46-59(58)53-62)90-89-67-29-11-10-24-57(67)49-51-76(89)93-91(94-90)61-54-65(97-79-40-18-14-32-74(79)87-70(36-22-44-83(87)97)68-34-20-42-81-85(68)72-30-12-16-38-77(72)95(81)63-25-6-4-7-26-63)56-66(55-61)98-80-41-19-15-33-75(80)88-71(37-23-45-84(88)98)69-35-21-43-82-86(69)73-31-13-17-39-78(73)96(82)64-27-8-5-9-28-64/h4-56H,1-3H3. The Hall–Kier alpha value is -12.6. The van der Waals surface area contributed by atoms with Crippen LogP contribution in [0.4, 0.5) is 0 Å². The van der Waals surface area contributed by atoms with Crippen LogP contribution in [0.15, 0.2) is 322 Å². The summed E-state index contributed by atoms with van der Waals surface area (Å²) in [5, 5.41) is 15.2. The number of benzene rings is 15. The highest BCUT2D eigenvalue weighted by Gasteiger charge is 2.26. The number of aromatic nitrogens is 6. The fraction of sp³-hybridized carbons (Fsp3) is 0.0435. The lowest BCUT2D eigenvalue weighted by molar-refractivity contribution is 0.591. The summed E-state index contributed by atoms with van der Waals surface area (Å²) in [4.78, 5) is 11.6. The monoisotopic (exact) mass is 1250 g/mol. The molecule has 0 spiro atoms. The molecule has 20 aromatic rings. The molecule has 6 heteroatoms. The number of rotatable bonds is 8. The minimum Gasteiger partial charge on any atom is -0.309 e. The average Bonchev–Trinajstić information content (AvgIpc) is 1.54. The summed E-state index contributed by atoms with van der Waals surface area (Å²) in [5.41, 5.74) is 23.1. The zero-order chi connectivity index (χ0) is 64.9. The Morgan fingerprint density at radius 3 is 1.08 bits per heavy atom. The maximum Gasteiger partial charge on any atom is 0.160 e. The zero-order valence-corrected chi connectivity index (χ0v) is 54.3. The summed E-state index contributed by atoms with van der Waals surface area (Å²) < 4.78 is 9.81. The largest absolute Gasteiger partial charge is 0.309 e. The number of fused-ring (bicyclic) bond motifs is 16. The van der Waals surface area contributed by atoms with E-state index in [1.165, 1.54) is 104 Å². The summed E-state index contributed by atoms with van der Waals surface area (Å²) >= 11 is 0. The van der Waals surface area contributed by atoms with Crippen molar-refractivity contribution in [2.75, 3.05) is 0 Å². The molecule has 0 fully saturated rings. The second kappa shape index (κ2) is 21.4. The molecule has 20 rings (SSSR count). The molecule has 0 bridgehead atoms. The predicted molar refractivity (Wildman–Crippen MR) is 412 cm³/mol. The molecular formula is C92H62N6. The lowest BCUT2D eigenvalue weighted by Crippen LogP contribution is -2.10. The van der Waals surface area contributed by atoms with Crippen molar-refractivity contribution >= 4 is 120 Å². The molecule has 0 saturated carbocycles. The SMILES string of the molecule is CC(C)(C)c1ccc2cc(-c3nc(-c4cc(-n5c6ccccc6c6c(-c7cccc8c7c7ccccc7n8-c7ccccc7)cccc65)cc(-n5c6ccccc6c6c(-c7cccc8c7c7ccccc7n8-c7ccccc7)cccc65)c4)nc4ccc5ccccc5c34)ccc2c1. The Bertz CT molecular complexity index is 6420. The van der Waals surface area contributed by atoms with Crippen LogP contribution < -0.4 is 0 Å². The van der Waals surface area contributed by atoms with E-state index in [9.17, 15) is 0 Å². The summed E-state index contributed by atoms with van der Waals surface area (Å²) in [6.45, 7) is 6.84. The Balaban J connectivity index is 0.869. The van der Waals surface area contributed by atoms with E-state index in [0.717, 1.165) is 83.3 Å². The van der Waals surface area contributed by atoms with Crippen molar-refractivity contribution in [2.45, 2.75) is 26.2 Å². The molecule has 5 aromatic heterocycles. The van der Waals surface area contributed by atoms with E-state index in [1.54, 1.807) is 0 Å². The first kappa shape index (κ1) is 55.8. The van der Waals surface area contributed by atoms with Crippen molar-refractivity contribution in [1.82, 2.24) is 28.2 Å². The van der Waals surface area contributed by atoms with Crippen LogP contribution in [-0.2, 0) is 5.41 Å². The summed E-state index contributed by atoms with van der Waals surface area (Å²) in [6, 6.07) is 118. The van der Waals surface area contributed by atoms with Crippen LogP contribution in [0.2, 0.25) is 0 Å². The van der Waals surface area contributed by atoms with Crippen LogP contribution in [0.25, 0.3) is 187 Å². The minimum atomic E-state index is 0.0141. The second-order valence-electron chi connectivity index (χ2n) is 27.2. The molecule has 0 aliphatic carbocycles. The van der Waals surface area contributed by atoms with E-state index in [1.807, 2.05) is 0 Å². The molecule has 0 atom stereocenters. The van der Waals surface area contributed by atoms with Crippen molar-refractivity contribution in [3.8, 4) is 67.6 Å². The average molecular weight is 1250 g/mol. The first-order chi connectivity index (χ1) is 48.3. The van der Waals surface area contributed by atoms with E-state index in [-0.39, 0.29) is 5.41 Å². The van der Waals surface area contributed by atoms with Gasteiger partial charge in [-0.3, -0.25) is 0 Å². The van der Waals surface area contributed by atoms with Gasteiger partial charge in [-0.15, -0.1) is 0 Å². The van der Waals surface area contributed by atoms with Gasteiger partial charge in [-0.25, -0.2) is 9.97 Å². The lowest BCUT2D eigenvalue weighted by Gasteiger charge is -2.19. The molecule has 15 aromatic carbocycles. The van der Waals surface area contributed by atoms with Crippen molar-refractivity contribution < 1.29 is 0 Å². The molecule has 0 aliphatic heterocycles. The van der Waals surface area contributed by atoms with Gasteiger partial charge in [0.05, 0.1) is 55.3 Å². The Labute approximate surface area is 565 Å². The van der Waals surface area contributed by atoms with E-state index < -0.39 is 0 Å². The van der Waals surface area contributed by atoms with Crippen LogP contribution in [0.3, 0.4) is 0 Å². The third-order valence-corrected chi connectivity index (χ3v) is 20.6. The van der Waals surface area contributed by atoms with Crippen LogP contribution >= 0.6 is 0 Å². The van der Waals surface area contributed by atoms with Gasteiger partial charge in [0.25, 0.3) is 0 Å². The summed E-state index contributed by atoms with van der Waals surface area (Å²) in [6.07, 6.45) is 0. The normalized spacial score (nSPS) is 12.2. The van der Waals surface area contributed by atoms with Crippen molar-refractivity contribution in [1.29, 1.82) is 0 Å². The van der Waals surface area contributed by atoms with Crippen LogP contribution in [0, 0.1) is 0 Å². The summed E-state index contributed by atoms with van der Waals surface area (Å²) in [5.74, 6) is 0.639. The third kappa shape index (κ3) is 8.41. The Morgan fingerprint density at radius 1 is 0.245 bits per heavy atom. The van der Waals surface area contributed by atoms with E-state index in [2.05, 4.69) is 361 Å². The van der Waals surface area contributed by atoms with Gasteiger partial charge in [-0.2, -0.15) is 0 Å². The molecule has 5 heterocycles. The van der Waals surface area contributed by atoms with Gasteiger partial charge in [0.2, 0.25) is 0 Å². The van der Waals surface area contributed by atoms with Gasteiger partial charge >= 0.3 is 0 Å². The van der Waals surface area contributed by atoms with Crippen LogP contribution in [-0.4, -0.2) is 28.2 Å². The zero-order valence-electron chi connectivity index (χ0n) is 54.3. The maximum atomic E-state index is 5.88. The number of hydrogen-bond acceptors (Lipinski definition) is 2. The van der Waals surface area contributed by atoms with Crippen molar-refractivity contribution in [2.24, 2.45) is 0 Å². The highest BCUT2D eigenvalue weighted by atomic mass is 15.0. The molecule has 0 N–H and O–H groups in total. The molecule has 0 unspecified atom stereocenters. The highest BCUT2D eigenvalue weighted by Crippen LogP contribution is 2.48. The van der Waals surface area contributed by atoms with E-state index in [4.69, 9.17) is 9.97 Å². The predicted octanol–water partition coefficient (Wildman–Crippen LogP) is 24.3. The van der Waals surface area contributed by atoms with E-state index in [0.29, 0.717) is 5.82 Å². The molecule has 0 saturated heterocycles. The second-order valence-corrected chi connectivity index (χ2v) is 27.2. The molecule has 0 amide bonds. The van der Waals surface area contributed by atoms with Crippen molar-refractivity contribution in [3.05, 3.63) is 327 Å². The fourth-order valence-corrected chi connectivity index (χ4v) is 16.3. The quantitative estimate of drug-likeness (QED) is 0.142. The smallest absolute Gasteiger partial charge is 0.160 e. The van der Waals surface area contributed by atoms with E-state index >= 15 is 0 Å². The van der Waals surface area contributed by atoms with Gasteiger partial charge in [0.15, 0.2) is 5.82 Å². The number of hydrogen-bond donors (Lipinski definition) is 0. The topological polar surface area (TPSA) is 45.5 Å². The third-order valence-electron chi connectivity index (χ3n) is 20.6. The van der Waals surface area contributed by atoms with Crippen LogP contribution in [0.5, 0.6) is 0 Å². The van der Waals surface area contributed by atoms with Gasteiger partial charge < -0.3 is 18.3 Å².